The van der Waals surface area contributed by atoms with Crippen LogP contribution in [0.3, 0.4) is 0 Å². The Balaban J connectivity index is 2.17. The van der Waals surface area contributed by atoms with Gasteiger partial charge < -0.3 is 20.7 Å². The molecule has 1 fully saturated rings. The van der Waals surface area contributed by atoms with E-state index in [0.29, 0.717) is 19.4 Å². The van der Waals surface area contributed by atoms with Crippen molar-refractivity contribution in [2.75, 3.05) is 12.3 Å². The zero-order valence-electron chi connectivity index (χ0n) is 17.8. The summed E-state index contributed by atoms with van der Waals surface area (Å²) < 4.78 is 28.8. The molecule has 0 bridgehead atoms. The van der Waals surface area contributed by atoms with Crippen LogP contribution in [0.5, 0.6) is 0 Å². The number of nitrogens with zero attached hydrogens (tertiary/aromatic N) is 1. The molecule has 2 amide bonds. The number of ether oxygens (including phenoxy) is 1. The molecule has 2 rings (SSSR count). The number of nitrogens with two attached hydrogens (primary N) is 2. The maximum absolute atomic E-state index is 12.9. The van der Waals surface area contributed by atoms with Gasteiger partial charge in [0.25, 0.3) is 5.91 Å². The van der Waals surface area contributed by atoms with Crippen molar-refractivity contribution in [1.82, 2.24) is 10.2 Å². The van der Waals surface area contributed by atoms with Crippen molar-refractivity contribution in [3.63, 3.8) is 0 Å². The van der Waals surface area contributed by atoms with E-state index < -0.39 is 50.4 Å². The number of carbonyl (C=O) groups is 3. The summed E-state index contributed by atoms with van der Waals surface area (Å²) in [5.41, 5.74) is 4.72. The minimum Gasteiger partial charge on any atom is -0.458 e. The molecule has 31 heavy (non-hydrogen) atoms. The molecule has 0 radical (unpaired) electrons. The SMILES string of the molecule is C[C@H](NC(=O)c1cc(N)c(Cl)c(S(N)(=O)=O)c1)C(=O)N1CCC[C@H]1C(=O)OC(C)(C)C. The first-order valence-electron chi connectivity index (χ1n) is 9.58. The highest BCUT2D eigenvalue weighted by Crippen LogP contribution is 2.28. The normalized spacial score (nSPS) is 17.9. The summed E-state index contributed by atoms with van der Waals surface area (Å²) in [5, 5.41) is 7.31. The molecule has 1 aromatic rings. The molecule has 1 aromatic carbocycles. The molecule has 0 aliphatic carbocycles. The lowest BCUT2D eigenvalue weighted by Gasteiger charge is -2.29. The standard InChI is InChI=1S/C19H27ClN4O6S/c1-10(17(26)24-7-5-6-13(24)18(27)30-19(2,3)4)23-16(25)11-8-12(21)15(20)14(9-11)31(22,28)29/h8-10,13H,5-7,21H2,1-4H3,(H,23,25)(H2,22,28,29)/t10-,13-/m0/s1. The average molecular weight is 475 g/mol. The van der Waals surface area contributed by atoms with E-state index in [9.17, 15) is 22.8 Å². The van der Waals surface area contributed by atoms with E-state index in [2.05, 4.69) is 5.32 Å². The number of sulfonamides is 1. The van der Waals surface area contributed by atoms with Crippen molar-refractivity contribution in [3.8, 4) is 0 Å². The molecule has 1 saturated heterocycles. The number of nitrogen functional groups attached to an aromatic ring is 1. The first kappa shape index (κ1) is 24.9. The number of amides is 2. The van der Waals surface area contributed by atoms with Crippen molar-refractivity contribution >= 4 is 45.1 Å². The smallest absolute Gasteiger partial charge is 0.329 e. The molecular formula is C19H27ClN4O6S. The molecule has 0 spiro atoms. The molecule has 1 aliphatic heterocycles. The van der Waals surface area contributed by atoms with Gasteiger partial charge in [0.2, 0.25) is 15.9 Å². The van der Waals surface area contributed by atoms with Crippen molar-refractivity contribution in [1.29, 1.82) is 0 Å². The number of hydrogen-bond donors (Lipinski definition) is 3. The predicted octanol–water partition coefficient (Wildman–Crippen LogP) is 1.02. The van der Waals surface area contributed by atoms with Crippen LogP contribution in [0, 0.1) is 0 Å². The number of halogens is 1. The second kappa shape index (κ2) is 9.01. The summed E-state index contributed by atoms with van der Waals surface area (Å²) in [6, 6.07) is 0.444. The second-order valence-electron chi connectivity index (χ2n) is 8.34. The van der Waals surface area contributed by atoms with Gasteiger partial charge in [0, 0.05) is 12.1 Å². The number of carbonyl (C=O) groups excluding carboxylic acids is 3. The van der Waals surface area contributed by atoms with Crippen LogP contribution >= 0.6 is 11.6 Å². The minimum atomic E-state index is -4.22. The zero-order chi connectivity index (χ0) is 23.7. The topological polar surface area (TPSA) is 162 Å². The maximum Gasteiger partial charge on any atom is 0.329 e. The van der Waals surface area contributed by atoms with Crippen molar-refractivity contribution in [3.05, 3.63) is 22.7 Å². The number of nitrogens with one attached hydrogen (secondary N) is 1. The monoisotopic (exact) mass is 474 g/mol. The molecule has 12 heteroatoms. The van der Waals surface area contributed by atoms with E-state index in [1.807, 2.05) is 0 Å². The van der Waals surface area contributed by atoms with Crippen molar-refractivity contribution in [2.24, 2.45) is 5.14 Å². The molecular weight excluding hydrogens is 448 g/mol. The van der Waals surface area contributed by atoms with Crippen LogP contribution in [0.15, 0.2) is 17.0 Å². The molecule has 5 N–H and O–H groups in total. The number of likely N-dealkylation sites (tertiary alicyclic amines) is 1. The number of esters is 1. The van der Waals surface area contributed by atoms with Crippen LogP contribution < -0.4 is 16.2 Å². The number of anilines is 1. The lowest BCUT2D eigenvalue weighted by atomic mass is 10.1. The molecule has 10 nitrogen and oxygen atoms in total. The second-order valence-corrected chi connectivity index (χ2v) is 10.2. The molecule has 0 saturated carbocycles. The summed E-state index contributed by atoms with van der Waals surface area (Å²) in [7, 11) is -4.22. The molecule has 1 heterocycles. The average Bonchev–Trinajstić information content (AvgIpc) is 3.10. The zero-order valence-corrected chi connectivity index (χ0v) is 19.3. The van der Waals surface area contributed by atoms with Gasteiger partial charge in [-0.1, -0.05) is 11.6 Å². The predicted molar refractivity (Wildman–Crippen MR) is 115 cm³/mol. The Hall–Kier alpha value is -2.37. The van der Waals surface area contributed by atoms with E-state index in [-0.39, 0.29) is 16.3 Å². The van der Waals surface area contributed by atoms with Gasteiger partial charge in [-0.15, -0.1) is 0 Å². The number of benzene rings is 1. The number of rotatable bonds is 5. The van der Waals surface area contributed by atoms with Gasteiger partial charge in [0.05, 0.1) is 10.7 Å². The summed E-state index contributed by atoms with van der Waals surface area (Å²) in [6.45, 7) is 7.03. The quantitative estimate of drug-likeness (QED) is 0.423. The molecule has 0 unspecified atom stereocenters. The minimum absolute atomic E-state index is 0.129. The Morgan fingerprint density at radius 1 is 1.29 bits per heavy atom. The van der Waals surface area contributed by atoms with Crippen LogP contribution in [0.2, 0.25) is 5.02 Å². The Labute approximate surface area is 186 Å². The highest BCUT2D eigenvalue weighted by atomic mass is 35.5. The lowest BCUT2D eigenvalue weighted by Crippen LogP contribution is -2.51. The third-order valence-corrected chi connectivity index (χ3v) is 6.04. The summed E-state index contributed by atoms with van der Waals surface area (Å²) in [6.07, 6.45) is 1.09. The number of primary sulfonamides is 1. The molecule has 2 atom stereocenters. The highest BCUT2D eigenvalue weighted by molar-refractivity contribution is 7.89. The molecule has 172 valence electrons. The Morgan fingerprint density at radius 2 is 1.90 bits per heavy atom. The Kier molecular flexibility index (Phi) is 7.24. The Bertz CT molecular complexity index is 1010. The first-order valence-corrected chi connectivity index (χ1v) is 11.5. The largest absolute Gasteiger partial charge is 0.458 e. The highest BCUT2D eigenvalue weighted by Gasteiger charge is 2.38. The fourth-order valence-electron chi connectivity index (χ4n) is 3.19. The van der Waals surface area contributed by atoms with Gasteiger partial charge in [-0.3, -0.25) is 9.59 Å². The first-order chi connectivity index (χ1) is 14.1. The third kappa shape index (κ3) is 6.08. The van der Waals surface area contributed by atoms with Crippen LogP contribution in [0.4, 0.5) is 5.69 Å². The third-order valence-electron chi connectivity index (χ3n) is 4.57. The summed E-state index contributed by atoms with van der Waals surface area (Å²) in [5.74, 6) is -1.71. The molecule has 1 aliphatic rings. The Morgan fingerprint density at radius 3 is 2.45 bits per heavy atom. The molecule has 0 aromatic heterocycles. The van der Waals surface area contributed by atoms with Gasteiger partial charge in [-0.05, 0) is 52.7 Å². The van der Waals surface area contributed by atoms with Gasteiger partial charge in [0.15, 0.2) is 0 Å². The van der Waals surface area contributed by atoms with Crippen molar-refractivity contribution < 1.29 is 27.5 Å². The van der Waals surface area contributed by atoms with E-state index >= 15 is 0 Å². The fraction of sp³-hybridized carbons (Fsp3) is 0.526. The van der Waals surface area contributed by atoms with Crippen molar-refractivity contribution in [2.45, 2.75) is 63.1 Å². The number of hydrogen-bond acceptors (Lipinski definition) is 7. The van der Waals surface area contributed by atoms with Gasteiger partial charge >= 0.3 is 5.97 Å². The van der Waals surface area contributed by atoms with E-state index in [1.54, 1.807) is 20.8 Å². The summed E-state index contributed by atoms with van der Waals surface area (Å²) in [4.78, 5) is 38.8. The van der Waals surface area contributed by atoms with Gasteiger partial charge in [-0.25, -0.2) is 18.4 Å². The van der Waals surface area contributed by atoms with E-state index in [1.165, 1.54) is 17.9 Å². The summed E-state index contributed by atoms with van der Waals surface area (Å²) >= 11 is 5.87. The van der Waals surface area contributed by atoms with Crippen LogP contribution in [-0.2, 0) is 24.3 Å². The fourth-order valence-corrected chi connectivity index (χ4v) is 4.28. The van der Waals surface area contributed by atoms with Crippen LogP contribution in [0.25, 0.3) is 0 Å². The van der Waals surface area contributed by atoms with Crippen LogP contribution in [-0.4, -0.2) is 55.3 Å². The van der Waals surface area contributed by atoms with Crippen LogP contribution in [0.1, 0.15) is 50.9 Å². The van der Waals surface area contributed by atoms with E-state index in [4.69, 9.17) is 27.2 Å². The van der Waals surface area contributed by atoms with Gasteiger partial charge in [0.1, 0.15) is 22.6 Å². The van der Waals surface area contributed by atoms with E-state index in [0.717, 1.165) is 6.07 Å². The maximum atomic E-state index is 12.9. The lowest BCUT2D eigenvalue weighted by molar-refractivity contribution is -0.163. The van der Waals surface area contributed by atoms with Gasteiger partial charge in [-0.2, -0.15) is 0 Å².